The smallest absolute Gasteiger partial charge is 0.331 e. The van der Waals surface area contributed by atoms with Crippen molar-refractivity contribution in [3.63, 3.8) is 0 Å². The third-order valence-electron chi connectivity index (χ3n) is 16.1. The molecule has 0 aromatic heterocycles. The second-order valence-electron chi connectivity index (χ2n) is 18.8. The number of cyclic esters (lactones) is 1. The number of hydrogen-bond acceptors (Lipinski definition) is 19. The van der Waals surface area contributed by atoms with Gasteiger partial charge in [-0.15, -0.1) is 0 Å². The summed E-state index contributed by atoms with van der Waals surface area (Å²) >= 11 is 0. The molecule has 0 aromatic rings. The molecule has 19 nitrogen and oxygen atoms in total. The van der Waals surface area contributed by atoms with Crippen LogP contribution < -0.4 is 0 Å². The topological polar surface area (TPSA) is 301 Å². The number of aliphatic hydroxyl groups is 10. The van der Waals surface area contributed by atoms with Gasteiger partial charge < -0.3 is 89.0 Å². The van der Waals surface area contributed by atoms with E-state index in [2.05, 4.69) is 6.92 Å². The van der Waals surface area contributed by atoms with Gasteiger partial charge in [0.05, 0.1) is 31.0 Å². The molecule has 3 saturated heterocycles. The number of aliphatic hydroxyl groups excluding tert-OH is 9. The van der Waals surface area contributed by atoms with E-state index in [1.807, 2.05) is 0 Å². The van der Waals surface area contributed by atoms with E-state index in [-0.39, 0.29) is 36.2 Å². The van der Waals surface area contributed by atoms with Gasteiger partial charge in [-0.2, -0.15) is 0 Å². The monoisotopic (exact) mass is 858 g/mol. The Labute approximate surface area is 347 Å². The van der Waals surface area contributed by atoms with Crippen molar-refractivity contribution >= 4 is 12.3 Å². The lowest BCUT2D eigenvalue weighted by molar-refractivity contribution is -0.379. The normalized spacial score (nSPS) is 54.3. The van der Waals surface area contributed by atoms with Gasteiger partial charge in [0.2, 0.25) is 0 Å². The van der Waals surface area contributed by atoms with Crippen LogP contribution in [0.1, 0.15) is 71.6 Å². The first kappa shape index (κ1) is 44.8. The van der Waals surface area contributed by atoms with Crippen LogP contribution in [0.5, 0.6) is 0 Å². The zero-order valence-corrected chi connectivity index (χ0v) is 33.8. The maximum Gasteiger partial charge on any atom is 0.331 e. The molecule has 0 aromatic carbocycles. The van der Waals surface area contributed by atoms with Gasteiger partial charge >= 0.3 is 5.97 Å². The van der Waals surface area contributed by atoms with Crippen LogP contribution in [0.25, 0.3) is 0 Å². The summed E-state index contributed by atoms with van der Waals surface area (Å²) in [4.78, 5) is 25.2. The number of rotatable bonds is 10. The Morgan fingerprint density at radius 2 is 1.35 bits per heavy atom. The molecule has 0 bridgehead atoms. The molecule has 7 fully saturated rings. The highest BCUT2D eigenvalue weighted by molar-refractivity contribution is 5.85. The van der Waals surface area contributed by atoms with Crippen molar-refractivity contribution in [2.24, 2.45) is 34.5 Å². The van der Waals surface area contributed by atoms with Gasteiger partial charge in [0.15, 0.2) is 18.9 Å². The molecule has 23 atom stereocenters. The number of fused-ring (bicyclic) bond motifs is 5. The van der Waals surface area contributed by atoms with Gasteiger partial charge in [-0.1, -0.05) is 6.92 Å². The molecule has 4 heterocycles. The van der Waals surface area contributed by atoms with Crippen molar-refractivity contribution in [1.29, 1.82) is 0 Å². The Bertz CT molecular complexity index is 1600. The van der Waals surface area contributed by atoms with Crippen LogP contribution in [0.2, 0.25) is 0 Å². The molecule has 19 heteroatoms. The maximum atomic E-state index is 13.2. The first-order valence-corrected chi connectivity index (χ1v) is 21.5. The summed E-state index contributed by atoms with van der Waals surface area (Å²) in [6.45, 7) is 2.42. The Morgan fingerprint density at radius 3 is 2.00 bits per heavy atom. The lowest BCUT2D eigenvalue weighted by atomic mass is 9.43. The predicted octanol–water partition coefficient (Wildman–Crippen LogP) is -2.72. The number of esters is 1. The molecule has 10 N–H and O–H groups in total. The predicted molar refractivity (Wildman–Crippen MR) is 199 cm³/mol. The summed E-state index contributed by atoms with van der Waals surface area (Å²) in [5.74, 6) is -0.427. The fourth-order valence-corrected chi connectivity index (χ4v) is 12.7. The zero-order chi connectivity index (χ0) is 43.1. The van der Waals surface area contributed by atoms with E-state index in [9.17, 15) is 60.7 Å². The third-order valence-corrected chi connectivity index (χ3v) is 16.1. The Morgan fingerprint density at radius 1 is 0.717 bits per heavy atom. The van der Waals surface area contributed by atoms with Gasteiger partial charge in [-0.05, 0) is 94.0 Å². The quantitative estimate of drug-likeness (QED) is 0.0607. The van der Waals surface area contributed by atoms with Crippen molar-refractivity contribution in [1.82, 2.24) is 0 Å². The minimum absolute atomic E-state index is 0.0193. The largest absolute Gasteiger partial charge is 0.458 e. The highest BCUT2D eigenvalue weighted by Gasteiger charge is 2.69. The molecule has 0 amide bonds. The zero-order valence-electron chi connectivity index (χ0n) is 33.8. The first-order valence-electron chi connectivity index (χ1n) is 21.5. The fraction of sp³-hybridized carbons (Fsp3) is 0.902. The molecule has 0 radical (unpaired) electrons. The fourth-order valence-electron chi connectivity index (χ4n) is 12.7. The third kappa shape index (κ3) is 7.21. The molecule has 340 valence electrons. The second-order valence-corrected chi connectivity index (χ2v) is 18.8. The van der Waals surface area contributed by atoms with Crippen molar-refractivity contribution in [2.45, 2.75) is 175 Å². The average molecular weight is 859 g/mol. The van der Waals surface area contributed by atoms with Crippen LogP contribution >= 0.6 is 0 Å². The molecule has 0 spiro atoms. The Balaban J connectivity index is 0.877. The second kappa shape index (κ2) is 17.0. The molecular weight excluding hydrogens is 796 g/mol. The van der Waals surface area contributed by atoms with E-state index < -0.39 is 128 Å². The average Bonchev–Trinajstić information content (AvgIpc) is 3.79. The summed E-state index contributed by atoms with van der Waals surface area (Å²) < 4.78 is 40.2. The van der Waals surface area contributed by atoms with Gasteiger partial charge in [-0.25, -0.2) is 4.79 Å². The summed E-state index contributed by atoms with van der Waals surface area (Å²) in [5, 5.41) is 107. The highest BCUT2D eigenvalue weighted by Crippen LogP contribution is 2.69. The Kier molecular flexibility index (Phi) is 12.7. The van der Waals surface area contributed by atoms with Crippen molar-refractivity contribution in [2.75, 3.05) is 19.8 Å². The van der Waals surface area contributed by atoms with Crippen LogP contribution in [-0.2, 0) is 42.7 Å². The van der Waals surface area contributed by atoms with E-state index in [4.69, 9.17) is 33.2 Å². The summed E-state index contributed by atoms with van der Waals surface area (Å²) in [6.07, 6.45) is -15.4. The van der Waals surface area contributed by atoms with E-state index >= 15 is 0 Å². The summed E-state index contributed by atoms with van der Waals surface area (Å²) in [6, 6.07) is 0. The number of aldehydes is 1. The molecule has 4 aliphatic heterocycles. The Hall–Kier alpha value is -1.76. The van der Waals surface area contributed by atoms with Crippen LogP contribution in [0, 0.1) is 34.5 Å². The maximum absolute atomic E-state index is 13.2. The van der Waals surface area contributed by atoms with Crippen molar-refractivity contribution in [3.8, 4) is 0 Å². The minimum Gasteiger partial charge on any atom is -0.458 e. The number of carbonyl (C=O) groups is 2. The van der Waals surface area contributed by atoms with Crippen molar-refractivity contribution in [3.05, 3.63) is 11.6 Å². The highest BCUT2D eigenvalue weighted by atomic mass is 16.8. The van der Waals surface area contributed by atoms with Gasteiger partial charge in [0.1, 0.15) is 80.0 Å². The van der Waals surface area contributed by atoms with E-state index in [0.717, 1.165) is 37.5 Å². The minimum atomic E-state index is -1.87. The van der Waals surface area contributed by atoms with Gasteiger partial charge in [0.25, 0.3) is 0 Å². The van der Waals surface area contributed by atoms with Gasteiger partial charge in [-0.3, -0.25) is 0 Å². The molecule has 4 aliphatic carbocycles. The molecule has 8 aliphatic rings. The number of carbonyl (C=O) groups excluding carboxylic acids is 2. The first-order chi connectivity index (χ1) is 28.5. The van der Waals surface area contributed by atoms with Crippen LogP contribution in [-0.4, -0.2) is 187 Å². The summed E-state index contributed by atoms with van der Waals surface area (Å²) in [7, 11) is 0. The number of hydrogen-bond donors (Lipinski definition) is 10. The summed E-state index contributed by atoms with van der Waals surface area (Å²) in [5.41, 5.74) is -1.12. The van der Waals surface area contributed by atoms with E-state index in [1.165, 1.54) is 0 Å². The van der Waals surface area contributed by atoms with E-state index in [1.54, 1.807) is 13.0 Å². The van der Waals surface area contributed by atoms with Crippen molar-refractivity contribution < 1.29 is 93.8 Å². The van der Waals surface area contributed by atoms with Gasteiger partial charge in [0, 0.05) is 16.9 Å². The SMILES string of the molecule is C[C@H]1O[C@@H](O[C@H]2CC[C@@]3(C=O)[C@@H](CC[C@@H]4[C@@H]3CC[C@]3(C)[C@@H](C5=CC(=O)OC5)CC[C@]43O)C2)[C@H](O)[C@H](O)[C@@H]1O[C@@H]1O[C@H](CO)[C@@H](O[C@@H]2O[C@H](CO)[C@@H](O)[C@H](O)[C@H]2O)[C@H](O)[C@H]1O. The lowest BCUT2D eigenvalue weighted by Gasteiger charge is -2.63. The molecule has 60 heavy (non-hydrogen) atoms. The van der Waals surface area contributed by atoms with E-state index in [0.29, 0.717) is 32.1 Å². The molecular formula is C41H62O19. The standard InChI is InChI=1S/C41H62O19/c1-17-34(59-38-33(52)30(49)35(25(14-43)58-38)60-37-31(50)28(47)27(46)24(13-42)57-37)29(48)32(51)36(55-17)56-20-5-9-40(16-44)19(12-20)3-4-23-22(40)6-8-39(2)21(7-10-41(23,39)53)18-11-26(45)54-15-18/h11,16-17,19-25,27-38,42-43,46-53H,3-10,12-15H2,1-2H3/t17-,19+,20+,21-,22+,23-,24-,25-,27-,28+,29+,30-,31-,32-,33-,34-,35-,36+,37+,38+,39-,40-,41+/m1/s1. The molecule has 4 saturated carbocycles. The molecule has 8 rings (SSSR count). The lowest BCUT2D eigenvalue weighted by Crippen LogP contribution is -2.66. The number of ether oxygens (including phenoxy) is 7. The van der Waals surface area contributed by atoms with Crippen LogP contribution in [0.4, 0.5) is 0 Å². The van der Waals surface area contributed by atoms with Crippen LogP contribution in [0.3, 0.4) is 0 Å². The molecule has 0 unspecified atom stereocenters. The van der Waals surface area contributed by atoms with Crippen LogP contribution in [0.15, 0.2) is 11.6 Å².